The molecule has 1 unspecified atom stereocenters. The van der Waals surface area contributed by atoms with Crippen molar-refractivity contribution in [3.63, 3.8) is 0 Å². The van der Waals surface area contributed by atoms with Crippen LogP contribution in [0.25, 0.3) is 0 Å². The maximum absolute atomic E-state index is 12.5. The fourth-order valence-electron chi connectivity index (χ4n) is 1.96. The molecule has 4 heteroatoms. The van der Waals surface area contributed by atoms with Gasteiger partial charge < -0.3 is 5.73 Å². The molecule has 0 fully saturated rings. The number of halogens is 1. The Kier molecular flexibility index (Phi) is 4.68. The summed E-state index contributed by atoms with van der Waals surface area (Å²) in [4.78, 5) is 6.14. The van der Waals surface area contributed by atoms with Crippen molar-refractivity contribution >= 4 is 5.82 Å². The maximum atomic E-state index is 12.5. The highest BCUT2D eigenvalue weighted by Crippen LogP contribution is 2.25. The number of hydrogen-bond donors (Lipinski definition) is 1. The van der Waals surface area contributed by atoms with E-state index >= 15 is 0 Å². The molecule has 0 radical (unpaired) electrons. The van der Waals surface area contributed by atoms with E-state index in [0.29, 0.717) is 12.4 Å². The highest BCUT2D eigenvalue weighted by molar-refractivity contribution is 5.40. The zero-order valence-electron chi connectivity index (χ0n) is 10.2. The lowest BCUT2D eigenvalue weighted by atomic mass is 10.1. The molecule has 1 heterocycles. The predicted molar refractivity (Wildman–Crippen MR) is 64.9 cm³/mol. The van der Waals surface area contributed by atoms with Crippen LogP contribution in [0.5, 0.6) is 0 Å². The van der Waals surface area contributed by atoms with Crippen LogP contribution in [0.15, 0.2) is 18.3 Å². The van der Waals surface area contributed by atoms with Crippen molar-refractivity contribution in [1.82, 2.24) is 9.88 Å². The second-order valence-corrected chi connectivity index (χ2v) is 4.17. The first-order valence-corrected chi connectivity index (χ1v) is 5.60. The van der Waals surface area contributed by atoms with Gasteiger partial charge in [-0.05, 0) is 26.8 Å². The van der Waals surface area contributed by atoms with Crippen LogP contribution in [0.3, 0.4) is 0 Å². The molecule has 0 spiro atoms. The first kappa shape index (κ1) is 12.9. The summed E-state index contributed by atoms with van der Waals surface area (Å²) in [7, 11) is 0. The third-order valence-corrected chi connectivity index (χ3v) is 2.82. The van der Waals surface area contributed by atoms with Gasteiger partial charge in [0.05, 0.1) is 0 Å². The monoisotopic (exact) mass is 225 g/mol. The fourth-order valence-corrected chi connectivity index (χ4v) is 1.96. The molecule has 1 aromatic heterocycles. The van der Waals surface area contributed by atoms with E-state index in [1.807, 2.05) is 19.1 Å². The number of hydrogen-bond acceptors (Lipinski definition) is 3. The van der Waals surface area contributed by atoms with E-state index in [2.05, 4.69) is 23.7 Å². The van der Waals surface area contributed by atoms with Crippen molar-refractivity contribution in [3.8, 4) is 0 Å². The first-order chi connectivity index (χ1) is 7.57. The average molecular weight is 225 g/mol. The molecule has 0 aliphatic rings. The lowest BCUT2D eigenvalue weighted by Crippen LogP contribution is -2.35. The summed E-state index contributed by atoms with van der Waals surface area (Å²) >= 11 is 0. The van der Waals surface area contributed by atoms with Gasteiger partial charge in [-0.1, -0.05) is 6.07 Å². The molecule has 16 heavy (non-hydrogen) atoms. The predicted octanol–water partition coefficient (Wildman–Crippen LogP) is 2.40. The van der Waals surface area contributed by atoms with Crippen LogP contribution in [-0.4, -0.2) is 29.1 Å². The Morgan fingerprint density at radius 3 is 2.62 bits per heavy atom. The van der Waals surface area contributed by atoms with E-state index in [1.165, 1.54) is 0 Å². The Labute approximate surface area is 96.5 Å². The molecule has 0 saturated carbocycles. The van der Waals surface area contributed by atoms with Gasteiger partial charge in [-0.2, -0.15) is 0 Å². The third-order valence-electron chi connectivity index (χ3n) is 2.82. The van der Waals surface area contributed by atoms with Gasteiger partial charge in [0.1, 0.15) is 12.5 Å². The van der Waals surface area contributed by atoms with Crippen molar-refractivity contribution in [2.75, 3.05) is 19.0 Å². The number of alkyl halides is 1. The Morgan fingerprint density at radius 2 is 2.12 bits per heavy atom. The Morgan fingerprint density at radius 1 is 1.44 bits per heavy atom. The van der Waals surface area contributed by atoms with Crippen LogP contribution < -0.4 is 5.73 Å². The van der Waals surface area contributed by atoms with E-state index in [9.17, 15) is 4.39 Å². The molecule has 0 aliphatic carbocycles. The average Bonchev–Trinajstić information content (AvgIpc) is 2.25. The minimum atomic E-state index is -0.345. The van der Waals surface area contributed by atoms with E-state index in [1.54, 1.807) is 6.20 Å². The number of nitrogen functional groups attached to an aromatic ring is 1. The summed E-state index contributed by atoms with van der Waals surface area (Å²) in [6, 6.07) is 4.17. The molecule has 0 amide bonds. The Bertz CT molecular complexity index is 328. The number of nitrogens with zero attached hydrogens (tertiary/aromatic N) is 2. The topological polar surface area (TPSA) is 42.2 Å². The van der Waals surface area contributed by atoms with Crippen molar-refractivity contribution < 1.29 is 4.39 Å². The van der Waals surface area contributed by atoms with Crippen LogP contribution in [0.4, 0.5) is 10.2 Å². The summed E-state index contributed by atoms with van der Waals surface area (Å²) < 4.78 is 12.5. The van der Waals surface area contributed by atoms with Crippen LogP contribution in [0, 0.1) is 0 Å². The standard InChI is InChI=1S/C12H20FN3/c1-9(2)16(8-6-13)10(3)11-5-4-7-15-12(11)14/h4-5,7,9-10H,6,8H2,1-3H3,(H2,14,15). The summed E-state index contributed by atoms with van der Waals surface area (Å²) in [5, 5.41) is 0. The summed E-state index contributed by atoms with van der Waals surface area (Å²) in [6.07, 6.45) is 1.67. The SMILES string of the molecule is CC(C)N(CCF)C(C)c1cccnc1N. The summed E-state index contributed by atoms with van der Waals surface area (Å²) in [6.45, 7) is 6.22. The number of rotatable bonds is 5. The van der Waals surface area contributed by atoms with Gasteiger partial charge in [-0.15, -0.1) is 0 Å². The van der Waals surface area contributed by atoms with Crippen molar-refractivity contribution in [2.24, 2.45) is 0 Å². The summed E-state index contributed by atoms with van der Waals surface area (Å²) in [5.41, 5.74) is 6.79. The Hall–Kier alpha value is -1.16. The minimum Gasteiger partial charge on any atom is -0.383 e. The van der Waals surface area contributed by atoms with E-state index < -0.39 is 0 Å². The van der Waals surface area contributed by atoms with E-state index in [-0.39, 0.29) is 18.8 Å². The highest BCUT2D eigenvalue weighted by Gasteiger charge is 2.20. The normalized spacial score (nSPS) is 13.4. The molecule has 0 aromatic carbocycles. The molecule has 0 saturated heterocycles. The van der Waals surface area contributed by atoms with Gasteiger partial charge in [0.15, 0.2) is 0 Å². The lowest BCUT2D eigenvalue weighted by Gasteiger charge is -2.32. The highest BCUT2D eigenvalue weighted by atomic mass is 19.1. The van der Waals surface area contributed by atoms with Crippen molar-refractivity contribution in [3.05, 3.63) is 23.9 Å². The fraction of sp³-hybridized carbons (Fsp3) is 0.583. The van der Waals surface area contributed by atoms with Crippen LogP contribution in [0.1, 0.15) is 32.4 Å². The molecule has 3 nitrogen and oxygen atoms in total. The van der Waals surface area contributed by atoms with Crippen LogP contribution in [0.2, 0.25) is 0 Å². The van der Waals surface area contributed by atoms with Crippen molar-refractivity contribution in [2.45, 2.75) is 32.9 Å². The number of anilines is 1. The Balaban J connectivity index is 2.90. The second-order valence-electron chi connectivity index (χ2n) is 4.17. The smallest absolute Gasteiger partial charge is 0.128 e. The third kappa shape index (κ3) is 2.92. The molecular formula is C12H20FN3. The quantitative estimate of drug-likeness (QED) is 0.836. The van der Waals surface area contributed by atoms with E-state index in [4.69, 9.17) is 5.73 Å². The molecule has 1 rings (SSSR count). The van der Waals surface area contributed by atoms with Crippen LogP contribution in [-0.2, 0) is 0 Å². The molecule has 1 atom stereocenters. The molecule has 1 aromatic rings. The largest absolute Gasteiger partial charge is 0.383 e. The van der Waals surface area contributed by atoms with Gasteiger partial charge in [0, 0.05) is 30.4 Å². The number of aromatic nitrogens is 1. The zero-order chi connectivity index (χ0) is 12.1. The zero-order valence-corrected chi connectivity index (χ0v) is 10.2. The maximum Gasteiger partial charge on any atom is 0.128 e. The van der Waals surface area contributed by atoms with Gasteiger partial charge in [0.2, 0.25) is 0 Å². The van der Waals surface area contributed by atoms with E-state index in [0.717, 1.165) is 5.56 Å². The number of pyridine rings is 1. The van der Waals surface area contributed by atoms with Gasteiger partial charge >= 0.3 is 0 Å². The number of nitrogens with two attached hydrogens (primary N) is 1. The second kappa shape index (κ2) is 5.80. The summed E-state index contributed by atoms with van der Waals surface area (Å²) in [5.74, 6) is 0.527. The lowest BCUT2D eigenvalue weighted by molar-refractivity contribution is 0.151. The first-order valence-electron chi connectivity index (χ1n) is 5.60. The van der Waals surface area contributed by atoms with Gasteiger partial charge in [-0.25, -0.2) is 9.37 Å². The van der Waals surface area contributed by atoms with Gasteiger partial charge in [0.25, 0.3) is 0 Å². The molecular weight excluding hydrogens is 205 g/mol. The molecule has 0 bridgehead atoms. The van der Waals surface area contributed by atoms with Crippen molar-refractivity contribution in [1.29, 1.82) is 0 Å². The molecule has 2 N–H and O–H groups in total. The van der Waals surface area contributed by atoms with Crippen LogP contribution >= 0.6 is 0 Å². The van der Waals surface area contributed by atoms with Gasteiger partial charge in [-0.3, -0.25) is 4.90 Å². The minimum absolute atomic E-state index is 0.0875. The molecule has 90 valence electrons. The molecule has 0 aliphatic heterocycles.